The Morgan fingerprint density at radius 2 is 2.18 bits per heavy atom. The van der Waals surface area contributed by atoms with Crippen molar-refractivity contribution < 1.29 is 18.3 Å². The fourth-order valence-corrected chi connectivity index (χ4v) is 1.80. The Balaban J connectivity index is 2.73. The van der Waals surface area contributed by atoms with Gasteiger partial charge in [0.05, 0.1) is 23.0 Å². The lowest BCUT2D eigenvalue weighted by Gasteiger charge is -2.14. The van der Waals surface area contributed by atoms with Gasteiger partial charge >= 0.3 is 6.18 Å². The van der Waals surface area contributed by atoms with Crippen LogP contribution in [-0.2, 0) is 6.54 Å². The molecule has 0 aromatic carbocycles. The fraction of sp³-hybridized carbons (Fsp3) is 0.700. The molecule has 1 aromatic heterocycles. The van der Waals surface area contributed by atoms with E-state index in [4.69, 9.17) is 11.6 Å². The summed E-state index contributed by atoms with van der Waals surface area (Å²) >= 11 is 5.80. The van der Waals surface area contributed by atoms with Crippen molar-refractivity contribution in [1.82, 2.24) is 9.78 Å². The standard InChI is InChI=1S/C10H14ClF3N2O/c1-2-5-16-9(7(11)6-15-16)8(17)3-4-10(12,13)14/h6,8,17H,2-5H2,1H3. The highest BCUT2D eigenvalue weighted by atomic mass is 35.5. The second-order valence-corrected chi connectivity index (χ2v) is 4.18. The summed E-state index contributed by atoms with van der Waals surface area (Å²) in [6.45, 7) is 2.42. The van der Waals surface area contributed by atoms with E-state index in [9.17, 15) is 18.3 Å². The van der Waals surface area contributed by atoms with Gasteiger partial charge in [-0.05, 0) is 12.8 Å². The Morgan fingerprint density at radius 1 is 1.53 bits per heavy atom. The predicted molar refractivity (Wildman–Crippen MR) is 57.8 cm³/mol. The van der Waals surface area contributed by atoms with E-state index >= 15 is 0 Å². The maximum Gasteiger partial charge on any atom is 0.389 e. The van der Waals surface area contributed by atoms with Gasteiger partial charge in [0.15, 0.2) is 0 Å². The van der Waals surface area contributed by atoms with Gasteiger partial charge in [0.1, 0.15) is 0 Å². The highest BCUT2D eigenvalue weighted by Crippen LogP contribution is 2.30. The first-order chi connectivity index (χ1) is 7.85. The summed E-state index contributed by atoms with van der Waals surface area (Å²) in [6, 6.07) is 0. The van der Waals surface area contributed by atoms with Crippen LogP contribution in [0.2, 0.25) is 5.02 Å². The van der Waals surface area contributed by atoms with Crippen LogP contribution in [0.5, 0.6) is 0 Å². The molecular formula is C10H14ClF3N2O. The van der Waals surface area contributed by atoms with Crippen LogP contribution in [0.25, 0.3) is 0 Å². The quantitative estimate of drug-likeness (QED) is 0.891. The molecule has 0 spiro atoms. The van der Waals surface area contributed by atoms with Crippen molar-refractivity contribution in [2.75, 3.05) is 0 Å². The minimum Gasteiger partial charge on any atom is -0.387 e. The zero-order chi connectivity index (χ0) is 13.1. The van der Waals surface area contributed by atoms with E-state index in [1.165, 1.54) is 10.9 Å². The van der Waals surface area contributed by atoms with Crippen LogP contribution in [0.4, 0.5) is 13.2 Å². The third kappa shape index (κ3) is 4.20. The van der Waals surface area contributed by atoms with Crippen LogP contribution in [0.1, 0.15) is 38.0 Å². The normalized spacial score (nSPS) is 14.0. The molecule has 1 atom stereocenters. The maximum absolute atomic E-state index is 12.0. The van der Waals surface area contributed by atoms with Gasteiger partial charge in [-0.25, -0.2) is 0 Å². The molecule has 0 saturated heterocycles. The van der Waals surface area contributed by atoms with E-state index in [1.807, 2.05) is 6.92 Å². The van der Waals surface area contributed by atoms with Gasteiger partial charge < -0.3 is 5.11 Å². The molecule has 0 aliphatic rings. The van der Waals surface area contributed by atoms with Gasteiger partial charge in [0.25, 0.3) is 0 Å². The summed E-state index contributed by atoms with van der Waals surface area (Å²) in [7, 11) is 0. The molecule has 0 amide bonds. The second-order valence-electron chi connectivity index (χ2n) is 3.77. The van der Waals surface area contributed by atoms with Crippen molar-refractivity contribution in [3.63, 3.8) is 0 Å². The number of aliphatic hydroxyl groups excluding tert-OH is 1. The summed E-state index contributed by atoms with van der Waals surface area (Å²) in [5.41, 5.74) is 0.262. The van der Waals surface area contributed by atoms with Crippen LogP contribution < -0.4 is 0 Å². The van der Waals surface area contributed by atoms with Gasteiger partial charge in [-0.1, -0.05) is 18.5 Å². The molecule has 1 rings (SSSR count). The van der Waals surface area contributed by atoms with Gasteiger partial charge in [-0.2, -0.15) is 18.3 Å². The molecular weight excluding hydrogens is 257 g/mol. The number of hydrogen-bond donors (Lipinski definition) is 1. The van der Waals surface area contributed by atoms with Crippen molar-refractivity contribution in [1.29, 1.82) is 0 Å². The molecule has 3 nitrogen and oxygen atoms in total. The Morgan fingerprint density at radius 3 is 2.71 bits per heavy atom. The number of rotatable bonds is 5. The largest absolute Gasteiger partial charge is 0.389 e. The van der Waals surface area contributed by atoms with Crippen LogP contribution in [0, 0.1) is 0 Å². The minimum absolute atomic E-state index is 0.202. The van der Waals surface area contributed by atoms with Crippen molar-refractivity contribution in [3.05, 3.63) is 16.9 Å². The Bertz CT molecular complexity index is 365. The highest BCUT2D eigenvalue weighted by molar-refractivity contribution is 6.31. The molecule has 0 bridgehead atoms. The molecule has 0 aliphatic carbocycles. The van der Waals surface area contributed by atoms with Crippen molar-refractivity contribution in [2.24, 2.45) is 0 Å². The number of aromatic nitrogens is 2. The van der Waals surface area contributed by atoms with E-state index < -0.39 is 25.1 Å². The zero-order valence-corrected chi connectivity index (χ0v) is 10.1. The summed E-state index contributed by atoms with van der Waals surface area (Å²) < 4.78 is 37.6. The zero-order valence-electron chi connectivity index (χ0n) is 9.34. The first kappa shape index (κ1) is 14.3. The number of alkyl halides is 3. The molecule has 1 heterocycles. The Kier molecular flexibility index (Phi) is 4.82. The predicted octanol–water partition coefficient (Wildman–Crippen LogP) is 3.32. The van der Waals surface area contributed by atoms with Gasteiger partial charge in [-0.3, -0.25) is 4.68 Å². The molecule has 0 saturated carbocycles. The number of aliphatic hydroxyl groups is 1. The smallest absolute Gasteiger partial charge is 0.387 e. The molecule has 1 aromatic rings. The van der Waals surface area contributed by atoms with E-state index in [0.29, 0.717) is 6.54 Å². The molecule has 17 heavy (non-hydrogen) atoms. The third-order valence-electron chi connectivity index (χ3n) is 2.29. The Labute approximate surface area is 102 Å². The van der Waals surface area contributed by atoms with E-state index in [2.05, 4.69) is 5.10 Å². The molecule has 1 unspecified atom stereocenters. The summed E-state index contributed by atoms with van der Waals surface area (Å²) in [4.78, 5) is 0. The molecule has 98 valence electrons. The summed E-state index contributed by atoms with van der Waals surface area (Å²) in [5, 5.41) is 13.8. The molecule has 0 aliphatic heterocycles. The lowest BCUT2D eigenvalue weighted by Crippen LogP contribution is -2.13. The van der Waals surface area contributed by atoms with Crippen LogP contribution >= 0.6 is 11.6 Å². The second kappa shape index (κ2) is 5.73. The maximum atomic E-state index is 12.0. The van der Waals surface area contributed by atoms with E-state index in [0.717, 1.165) is 6.42 Å². The van der Waals surface area contributed by atoms with Crippen LogP contribution in [0.15, 0.2) is 6.20 Å². The lowest BCUT2D eigenvalue weighted by molar-refractivity contribution is -0.140. The Hall–Kier alpha value is -0.750. The summed E-state index contributed by atoms with van der Waals surface area (Å²) in [5.74, 6) is 0. The van der Waals surface area contributed by atoms with Crippen LogP contribution in [-0.4, -0.2) is 21.1 Å². The van der Waals surface area contributed by atoms with Crippen molar-refractivity contribution in [2.45, 2.75) is 45.0 Å². The van der Waals surface area contributed by atoms with Crippen molar-refractivity contribution >= 4 is 11.6 Å². The topological polar surface area (TPSA) is 38.0 Å². The third-order valence-corrected chi connectivity index (χ3v) is 2.58. The van der Waals surface area contributed by atoms with E-state index in [-0.39, 0.29) is 10.7 Å². The summed E-state index contributed by atoms with van der Waals surface area (Å²) in [6.07, 6.45) is -4.86. The number of hydrogen-bond acceptors (Lipinski definition) is 2. The lowest BCUT2D eigenvalue weighted by atomic mass is 10.1. The first-order valence-corrected chi connectivity index (χ1v) is 5.69. The first-order valence-electron chi connectivity index (χ1n) is 5.31. The van der Waals surface area contributed by atoms with Gasteiger partial charge in [0, 0.05) is 13.0 Å². The van der Waals surface area contributed by atoms with Gasteiger partial charge in [-0.15, -0.1) is 0 Å². The minimum atomic E-state index is -4.27. The SMILES string of the molecule is CCCn1ncc(Cl)c1C(O)CCC(F)(F)F. The highest BCUT2D eigenvalue weighted by Gasteiger charge is 2.29. The fourth-order valence-electron chi connectivity index (χ4n) is 1.53. The molecule has 0 radical (unpaired) electrons. The number of nitrogens with zero attached hydrogens (tertiary/aromatic N) is 2. The average Bonchev–Trinajstić information content (AvgIpc) is 2.56. The van der Waals surface area contributed by atoms with Crippen LogP contribution in [0.3, 0.4) is 0 Å². The molecule has 1 N–H and O–H groups in total. The van der Waals surface area contributed by atoms with Gasteiger partial charge in [0.2, 0.25) is 0 Å². The van der Waals surface area contributed by atoms with Crippen molar-refractivity contribution in [3.8, 4) is 0 Å². The molecule has 7 heteroatoms. The monoisotopic (exact) mass is 270 g/mol. The molecule has 0 fully saturated rings. The average molecular weight is 271 g/mol. The number of halogens is 4. The number of aryl methyl sites for hydroxylation is 1. The van der Waals surface area contributed by atoms with E-state index in [1.54, 1.807) is 0 Å².